The van der Waals surface area contributed by atoms with E-state index in [-0.39, 0.29) is 11.9 Å². The Morgan fingerprint density at radius 3 is 3.04 bits per heavy atom. The number of carbonyl (C=O) groups excluding carboxylic acids is 1. The third-order valence-corrected chi connectivity index (χ3v) is 4.52. The summed E-state index contributed by atoms with van der Waals surface area (Å²) in [6.07, 6.45) is -0.590. The fourth-order valence-corrected chi connectivity index (χ4v) is 3.31. The van der Waals surface area contributed by atoms with E-state index in [4.69, 9.17) is 4.74 Å². The Labute approximate surface area is 138 Å². The molecule has 23 heavy (non-hydrogen) atoms. The van der Waals surface area contributed by atoms with E-state index in [1.54, 1.807) is 18.0 Å². The van der Waals surface area contributed by atoms with Crippen LogP contribution in [0.4, 0.5) is 0 Å². The summed E-state index contributed by atoms with van der Waals surface area (Å²) >= 11 is 1.37. The predicted octanol–water partition coefficient (Wildman–Crippen LogP) is 1.13. The van der Waals surface area contributed by atoms with Crippen LogP contribution in [0.3, 0.4) is 0 Å². The third kappa shape index (κ3) is 3.69. The Morgan fingerprint density at radius 1 is 1.48 bits per heavy atom. The Morgan fingerprint density at radius 2 is 2.30 bits per heavy atom. The number of rotatable bonds is 5. The van der Waals surface area contributed by atoms with Crippen molar-refractivity contribution in [2.24, 2.45) is 0 Å². The van der Waals surface area contributed by atoms with Gasteiger partial charge in [0.2, 0.25) is 0 Å². The molecule has 3 rings (SSSR count). The quantitative estimate of drug-likeness (QED) is 0.858. The molecule has 1 aromatic heterocycles. The molecule has 7 heteroatoms. The molecule has 0 unspecified atom stereocenters. The highest BCUT2D eigenvalue weighted by atomic mass is 32.1. The summed E-state index contributed by atoms with van der Waals surface area (Å²) in [6, 6.07) is 7.53. The first-order valence-corrected chi connectivity index (χ1v) is 8.33. The number of ether oxygens (including phenoxy) is 1. The maximum Gasteiger partial charge on any atom is 0.271 e. The molecule has 0 spiro atoms. The molecular formula is C16H19N3O3S. The Balaban J connectivity index is 1.61. The van der Waals surface area contributed by atoms with E-state index in [9.17, 15) is 9.90 Å². The first-order valence-electron chi connectivity index (χ1n) is 7.38. The van der Waals surface area contributed by atoms with Gasteiger partial charge >= 0.3 is 0 Å². The van der Waals surface area contributed by atoms with Gasteiger partial charge in [-0.25, -0.2) is 4.98 Å². The lowest BCUT2D eigenvalue weighted by molar-refractivity contribution is 0.0884. The molecule has 2 N–H and O–H groups in total. The fraction of sp³-hybridized carbons (Fsp3) is 0.375. The fourth-order valence-electron chi connectivity index (χ4n) is 2.78. The molecule has 0 radical (unpaired) electrons. The van der Waals surface area contributed by atoms with Crippen LogP contribution in [0.2, 0.25) is 0 Å². The van der Waals surface area contributed by atoms with E-state index in [0.29, 0.717) is 25.3 Å². The Hall–Kier alpha value is -1.96. The van der Waals surface area contributed by atoms with Gasteiger partial charge in [-0.05, 0) is 6.07 Å². The molecule has 0 aliphatic carbocycles. The Bertz CT molecular complexity index is 662. The summed E-state index contributed by atoms with van der Waals surface area (Å²) in [4.78, 5) is 18.1. The normalized spacial score (nSPS) is 21.3. The van der Waals surface area contributed by atoms with E-state index >= 15 is 0 Å². The van der Waals surface area contributed by atoms with Crippen molar-refractivity contribution in [2.45, 2.75) is 18.7 Å². The molecule has 1 fully saturated rings. The van der Waals surface area contributed by atoms with Gasteiger partial charge in [0.15, 0.2) is 0 Å². The average molecular weight is 333 g/mol. The van der Waals surface area contributed by atoms with Crippen molar-refractivity contribution in [2.75, 3.05) is 20.2 Å². The van der Waals surface area contributed by atoms with Crippen LogP contribution in [-0.4, -0.2) is 53.2 Å². The summed E-state index contributed by atoms with van der Waals surface area (Å²) in [7, 11) is 1.65. The lowest BCUT2D eigenvalue weighted by Gasteiger charge is -2.17. The van der Waals surface area contributed by atoms with Crippen LogP contribution in [0, 0.1) is 0 Å². The van der Waals surface area contributed by atoms with Crippen molar-refractivity contribution in [3.63, 3.8) is 0 Å². The molecule has 122 valence electrons. The molecule has 1 aromatic carbocycles. The minimum Gasteiger partial charge on any atom is -0.496 e. The monoisotopic (exact) mass is 333 g/mol. The molecule has 6 nitrogen and oxygen atoms in total. The summed E-state index contributed by atoms with van der Waals surface area (Å²) in [5.74, 6) is 0.589. The minimum atomic E-state index is -0.590. The number of likely N-dealkylation sites (tertiary alicyclic amines) is 1. The maximum absolute atomic E-state index is 12.1. The van der Waals surface area contributed by atoms with Crippen molar-refractivity contribution in [3.05, 3.63) is 46.4 Å². The number of aromatic nitrogens is 1. The number of aliphatic hydroxyl groups excluding tert-OH is 1. The number of β-amino-alcohol motifs (C(OH)–C–C–N with tert-alkyl or cyclic N) is 1. The highest BCUT2D eigenvalue weighted by Gasteiger charge is 2.33. The number of para-hydroxylation sites is 1. The van der Waals surface area contributed by atoms with Gasteiger partial charge in [0.25, 0.3) is 5.91 Å². The molecule has 1 aliphatic heterocycles. The van der Waals surface area contributed by atoms with E-state index in [0.717, 1.165) is 11.3 Å². The van der Waals surface area contributed by atoms with Crippen LogP contribution in [0.25, 0.3) is 0 Å². The zero-order valence-electron chi connectivity index (χ0n) is 12.8. The van der Waals surface area contributed by atoms with Crippen molar-refractivity contribution >= 4 is 17.2 Å². The van der Waals surface area contributed by atoms with Crippen LogP contribution in [-0.2, 0) is 6.54 Å². The molecule has 1 aliphatic rings. The second-order valence-corrected chi connectivity index (χ2v) is 6.25. The van der Waals surface area contributed by atoms with Crippen LogP contribution in [0.15, 0.2) is 35.2 Å². The molecule has 1 saturated heterocycles. The molecule has 2 aromatic rings. The van der Waals surface area contributed by atoms with E-state index in [1.807, 2.05) is 24.3 Å². The molecule has 0 saturated carbocycles. The van der Waals surface area contributed by atoms with Crippen molar-refractivity contribution in [3.8, 4) is 5.75 Å². The number of carbonyl (C=O) groups is 1. The van der Waals surface area contributed by atoms with Crippen LogP contribution in [0.1, 0.15) is 16.1 Å². The number of hydrogen-bond acceptors (Lipinski definition) is 6. The number of nitrogens with zero attached hydrogens (tertiary/aromatic N) is 2. The zero-order chi connectivity index (χ0) is 16.2. The number of benzene rings is 1. The van der Waals surface area contributed by atoms with Crippen LogP contribution < -0.4 is 10.1 Å². The van der Waals surface area contributed by atoms with Crippen molar-refractivity contribution < 1.29 is 14.6 Å². The molecule has 0 bridgehead atoms. The molecule has 1 amide bonds. The minimum absolute atomic E-state index is 0.241. The van der Waals surface area contributed by atoms with Gasteiger partial charge in [0, 0.05) is 30.6 Å². The summed E-state index contributed by atoms with van der Waals surface area (Å²) in [6.45, 7) is 1.78. The molecule has 2 atom stereocenters. The van der Waals surface area contributed by atoms with Gasteiger partial charge in [0.05, 0.1) is 24.8 Å². The second kappa shape index (κ2) is 7.08. The van der Waals surface area contributed by atoms with Gasteiger partial charge in [-0.2, -0.15) is 0 Å². The van der Waals surface area contributed by atoms with Crippen LogP contribution >= 0.6 is 11.3 Å². The lowest BCUT2D eigenvalue weighted by atomic mass is 10.2. The number of hydrogen-bond donors (Lipinski definition) is 2. The largest absolute Gasteiger partial charge is 0.496 e. The van der Waals surface area contributed by atoms with Crippen molar-refractivity contribution in [1.29, 1.82) is 0 Å². The van der Waals surface area contributed by atoms with Gasteiger partial charge in [-0.15, -0.1) is 11.3 Å². The zero-order valence-corrected chi connectivity index (χ0v) is 13.6. The Kier molecular flexibility index (Phi) is 4.90. The topological polar surface area (TPSA) is 74.7 Å². The number of methoxy groups -OCH3 is 1. The third-order valence-electron chi connectivity index (χ3n) is 3.93. The summed E-state index contributed by atoms with van der Waals surface area (Å²) < 4.78 is 5.36. The average Bonchev–Trinajstić information content (AvgIpc) is 3.19. The van der Waals surface area contributed by atoms with Gasteiger partial charge in [0.1, 0.15) is 11.4 Å². The van der Waals surface area contributed by atoms with E-state index in [1.165, 1.54) is 11.3 Å². The molecule has 2 heterocycles. The first kappa shape index (κ1) is 15.9. The standard InChI is InChI=1S/C16H19N3O3S/c1-22-15-5-3-2-4-11(15)6-19-7-12(14(20)8-19)18-16(21)13-9-23-10-17-13/h2-5,9-10,12,14,20H,6-8H2,1H3,(H,18,21)/t12-,14-/m1/s1. The lowest BCUT2D eigenvalue weighted by Crippen LogP contribution is -2.42. The van der Waals surface area contributed by atoms with Crippen molar-refractivity contribution in [1.82, 2.24) is 15.2 Å². The molecular weight excluding hydrogens is 314 g/mol. The van der Waals surface area contributed by atoms with Crippen LogP contribution in [0.5, 0.6) is 5.75 Å². The highest BCUT2D eigenvalue weighted by Crippen LogP contribution is 2.22. The summed E-state index contributed by atoms with van der Waals surface area (Å²) in [5.41, 5.74) is 3.08. The highest BCUT2D eigenvalue weighted by molar-refractivity contribution is 7.07. The van der Waals surface area contributed by atoms with E-state index in [2.05, 4.69) is 15.2 Å². The van der Waals surface area contributed by atoms with Gasteiger partial charge < -0.3 is 15.2 Å². The van der Waals surface area contributed by atoms with Gasteiger partial charge in [-0.3, -0.25) is 9.69 Å². The maximum atomic E-state index is 12.1. The SMILES string of the molecule is COc1ccccc1CN1C[C@@H](O)[C@H](NC(=O)c2cscn2)C1. The number of thiazole rings is 1. The number of aliphatic hydroxyl groups is 1. The van der Waals surface area contributed by atoms with E-state index < -0.39 is 6.10 Å². The second-order valence-electron chi connectivity index (χ2n) is 5.53. The summed E-state index contributed by atoms with van der Waals surface area (Å²) in [5, 5.41) is 14.8. The first-order chi connectivity index (χ1) is 11.2. The van der Waals surface area contributed by atoms with Gasteiger partial charge in [-0.1, -0.05) is 18.2 Å². The smallest absolute Gasteiger partial charge is 0.271 e. The number of amides is 1. The predicted molar refractivity (Wildman–Crippen MR) is 87.6 cm³/mol. The number of nitrogens with one attached hydrogen (secondary N) is 1.